The Morgan fingerprint density at radius 3 is 2.52 bits per heavy atom. The van der Waals surface area contributed by atoms with Gasteiger partial charge in [-0.05, 0) is 37.1 Å². The van der Waals surface area contributed by atoms with E-state index in [0.29, 0.717) is 5.69 Å². The molecule has 0 aliphatic rings. The van der Waals surface area contributed by atoms with Gasteiger partial charge in [-0.3, -0.25) is 4.79 Å². The van der Waals surface area contributed by atoms with Gasteiger partial charge in [-0.2, -0.15) is 0 Å². The normalized spacial score (nSPS) is 11.4. The first-order valence-corrected chi connectivity index (χ1v) is 7.39. The van der Waals surface area contributed by atoms with Gasteiger partial charge in [-0.25, -0.2) is 4.79 Å². The van der Waals surface area contributed by atoms with Gasteiger partial charge in [0.05, 0.1) is 0 Å². The number of carbonyl (C=O) groups is 2. The molecule has 0 fully saturated rings. The molecule has 5 heteroatoms. The molecule has 5 nitrogen and oxygen atoms in total. The van der Waals surface area contributed by atoms with Crippen molar-refractivity contribution in [2.45, 2.75) is 26.5 Å². The molecule has 23 heavy (non-hydrogen) atoms. The Morgan fingerprint density at radius 2 is 1.83 bits per heavy atom. The van der Waals surface area contributed by atoms with Gasteiger partial charge in [0.1, 0.15) is 12.6 Å². The summed E-state index contributed by atoms with van der Waals surface area (Å²) in [6.45, 7) is 3.71. The van der Waals surface area contributed by atoms with Gasteiger partial charge in [-0.1, -0.05) is 42.5 Å². The van der Waals surface area contributed by atoms with Gasteiger partial charge < -0.3 is 15.4 Å². The second-order valence-corrected chi connectivity index (χ2v) is 5.29. The van der Waals surface area contributed by atoms with Crippen molar-refractivity contribution in [3.63, 3.8) is 0 Å². The van der Waals surface area contributed by atoms with Crippen LogP contribution in [0.3, 0.4) is 0 Å². The molecule has 0 aliphatic carbocycles. The second-order valence-electron chi connectivity index (χ2n) is 5.29. The number of anilines is 1. The van der Waals surface area contributed by atoms with Crippen LogP contribution in [-0.4, -0.2) is 18.0 Å². The number of amides is 2. The molecule has 0 saturated carbocycles. The van der Waals surface area contributed by atoms with E-state index in [9.17, 15) is 9.59 Å². The average Bonchev–Trinajstić information content (AvgIpc) is 2.54. The zero-order valence-electron chi connectivity index (χ0n) is 13.2. The number of ether oxygens (including phenoxy) is 1. The van der Waals surface area contributed by atoms with E-state index in [0.717, 1.165) is 11.1 Å². The summed E-state index contributed by atoms with van der Waals surface area (Å²) < 4.78 is 5.09. The predicted octanol–water partition coefficient (Wildman–Crippen LogP) is 3.25. The molecule has 2 amide bonds. The fourth-order valence-electron chi connectivity index (χ4n) is 1.98. The lowest BCUT2D eigenvalue weighted by Crippen LogP contribution is -2.41. The van der Waals surface area contributed by atoms with E-state index in [4.69, 9.17) is 4.74 Å². The maximum atomic E-state index is 12.1. The van der Waals surface area contributed by atoms with E-state index in [1.54, 1.807) is 13.0 Å². The molecular formula is C18H20N2O3. The minimum Gasteiger partial charge on any atom is -0.445 e. The molecular weight excluding hydrogens is 292 g/mol. The van der Waals surface area contributed by atoms with Crippen molar-refractivity contribution >= 4 is 17.7 Å². The molecule has 0 saturated heterocycles. The molecule has 2 N–H and O–H groups in total. The van der Waals surface area contributed by atoms with E-state index in [-0.39, 0.29) is 12.5 Å². The molecule has 120 valence electrons. The van der Waals surface area contributed by atoms with Gasteiger partial charge in [-0.15, -0.1) is 0 Å². The summed E-state index contributed by atoms with van der Waals surface area (Å²) in [5.74, 6) is -0.299. The van der Waals surface area contributed by atoms with E-state index in [2.05, 4.69) is 10.6 Å². The lowest BCUT2D eigenvalue weighted by Gasteiger charge is -2.14. The summed E-state index contributed by atoms with van der Waals surface area (Å²) in [6.07, 6.45) is -0.624. The maximum absolute atomic E-state index is 12.1. The second kappa shape index (κ2) is 7.98. The number of aryl methyl sites for hydroxylation is 1. The molecule has 0 unspecified atom stereocenters. The highest BCUT2D eigenvalue weighted by Gasteiger charge is 2.16. The zero-order valence-corrected chi connectivity index (χ0v) is 13.2. The topological polar surface area (TPSA) is 67.4 Å². The van der Waals surface area contributed by atoms with Gasteiger partial charge in [0.2, 0.25) is 5.91 Å². The average molecular weight is 312 g/mol. The van der Waals surface area contributed by atoms with Crippen molar-refractivity contribution < 1.29 is 14.3 Å². The fraction of sp³-hybridized carbons (Fsp3) is 0.222. The summed E-state index contributed by atoms with van der Waals surface area (Å²) in [7, 11) is 0. The van der Waals surface area contributed by atoms with Crippen LogP contribution < -0.4 is 10.6 Å². The Balaban J connectivity index is 1.79. The van der Waals surface area contributed by atoms with Crippen LogP contribution in [0, 0.1) is 6.92 Å². The van der Waals surface area contributed by atoms with Crippen LogP contribution in [0.1, 0.15) is 18.1 Å². The third-order valence-corrected chi connectivity index (χ3v) is 3.23. The monoisotopic (exact) mass is 312 g/mol. The Hall–Kier alpha value is -2.82. The van der Waals surface area contributed by atoms with Crippen molar-refractivity contribution in [1.82, 2.24) is 5.32 Å². The molecule has 0 radical (unpaired) electrons. The van der Waals surface area contributed by atoms with Gasteiger partial charge in [0.15, 0.2) is 0 Å². The fourth-order valence-corrected chi connectivity index (χ4v) is 1.98. The van der Waals surface area contributed by atoms with Crippen molar-refractivity contribution in [1.29, 1.82) is 0 Å². The molecule has 2 rings (SSSR count). The molecule has 2 aromatic carbocycles. The minimum atomic E-state index is -0.696. The van der Waals surface area contributed by atoms with Gasteiger partial charge in [0.25, 0.3) is 0 Å². The van der Waals surface area contributed by atoms with Crippen LogP contribution in [0.15, 0.2) is 54.6 Å². The number of carbonyl (C=O) groups excluding carboxylic acids is 2. The van der Waals surface area contributed by atoms with Gasteiger partial charge >= 0.3 is 6.09 Å². The van der Waals surface area contributed by atoms with Crippen molar-refractivity contribution in [2.75, 3.05) is 5.32 Å². The van der Waals surface area contributed by atoms with Crippen molar-refractivity contribution in [2.24, 2.45) is 0 Å². The lowest BCUT2D eigenvalue weighted by molar-refractivity contribution is -0.117. The SMILES string of the molecule is Cc1cccc(NC(=O)[C@@H](C)NC(=O)OCc2ccccc2)c1. The quantitative estimate of drug-likeness (QED) is 0.890. The van der Waals surface area contributed by atoms with Crippen LogP contribution in [0.4, 0.5) is 10.5 Å². The smallest absolute Gasteiger partial charge is 0.408 e. The largest absolute Gasteiger partial charge is 0.445 e. The first kappa shape index (κ1) is 16.5. The lowest BCUT2D eigenvalue weighted by atomic mass is 10.2. The predicted molar refractivity (Wildman–Crippen MR) is 89.0 cm³/mol. The first-order chi connectivity index (χ1) is 11.0. The number of alkyl carbamates (subject to hydrolysis) is 1. The number of hydrogen-bond acceptors (Lipinski definition) is 3. The Bertz CT molecular complexity index is 671. The van der Waals surface area contributed by atoms with Crippen LogP contribution in [0.2, 0.25) is 0 Å². The molecule has 2 aromatic rings. The molecule has 0 bridgehead atoms. The standard InChI is InChI=1S/C18H20N2O3/c1-13-7-6-10-16(11-13)20-17(21)14(2)19-18(22)23-12-15-8-4-3-5-9-15/h3-11,14H,12H2,1-2H3,(H,19,22)(H,20,21)/t14-/m1/s1. The third-order valence-electron chi connectivity index (χ3n) is 3.23. The van der Waals surface area contributed by atoms with Crippen LogP contribution in [0.25, 0.3) is 0 Å². The zero-order chi connectivity index (χ0) is 16.7. The van der Waals surface area contributed by atoms with Crippen molar-refractivity contribution in [3.05, 3.63) is 65.7 Å². The molecule has 1 atom stereocenters. The summed E-state index contributed by atoms with van der Waals surface area (Å²) in [5.41, 5.74) is 2.63. The Kier molecular flexibility index (Phi) is 5.74. The number of nitrogens with one attached hydrogen (secondary N) is 2. The van der Waals surface area contributed by atoms with Gasteiger partial charge in [0, 0.05) is 5.69 Å². The minimum absolute atomic E-state index is 0.166. The maximum Gasteiger partial charge on any atom is 0.408 e. The first-order valence-electron chi connectivity index (χ1n) is 7.39. The van der Waals surface area contributed by atoms with Crippen LogP contribution in [0.5, 0.6) is 0 Å². The number of benzene rings is 2. The summed E-state index contributed by atoms with van der Waals surface area (Å²) >= 11 is 0. The Labute approximate surface area is 135 Å². The van der Waals surface area contributed by atoms with E-state index in [1.807, 2.05) is 55.5 Å². The highest BCUT2D eigenvalue weighted by atomic mass is 16.5. The highest BCUT2D eigenvalue weighted by molar-refractivity contribution is 5.96. The van der Waals surface area contributed by atoms with Crippen molar-refractivity contribution in [3.8, 4) is 0 Å². The molecule has 0 heterocycles. The number of rotatable bonds is 5. The highest BCUT2D eigenvalue weighted by Crippen LogP contribution is 2.09. The summed E-state index contributed by atoms with van der Waals surface area (Å²) in [4.78, 5) is 23.8. The van der Waals surface area contributed by atoms with Crippen LogP contribution >= 0.6 is 0 Å². The molecule has 0 aliphatic heterocycles. The van der Waals surface area contributed by atoms with E-state index < -0.39 is 12.1 Å². The summed E-state index contributed by atoms with van der Waals surface area (Å²) in [6, 6.07) is 16.1. The third kappa shape index (κ3) is 5.47. The molecule has 0 spiro atoms. The molecule has 0 aromatic heterocycles. The van der Waals surface area contributed by atoms with E-state index in [1.165, 1.54) is 0 Å². The Morgan fingerprint density at radius 1 is 1.09 bits per heavy atom. The summed E-state index contributed by atoms with van der Waals surface area (Å²) in [5, 5.41) is 5.26. The number of hydrogen-bond donors (Lipinski definition) is 2. The van der Waals surface area contributed by atoms with Crippen LogP contribution in [-0.2, 0) is 16.1 Å². The van der Waals surface area contributed by atoms with E-state index >= 15 is 0 Å².